The Bertz CT molecular complexity index is 1030. The maximum absolute atomic E-state index is 13.2. The number of benzene rings is 1. The Labute approximate surface area is 218 Å². The van der Waals surface area contributed by atoms with Crippen LogP contribution in [0.15, 0.2) is 29.7 Å². The van der Waals surface area contributed by atoms with Crippen LogP contribution in [0.25, 0.3) is 5.70 Å². The Morgan fingerprint density at radius 1 is 1.31 bits per heavy atom. The molecule has 2 N–H and O–H groups in total. The van der Waals surface area contributed by atoms with Crippen LogP contribution in [0.4, 0.5) is 10.8 Å². The molecule has 1 aromatic heterocycles. The summed E-state index contributed by atoms with van der Waals surface area (Å²) in [5.74, 6) is -0.113. The van der Waals surface area contributed by atoms with Crippen LogP contribution in [-0.4, -0.2) is 74.9 Å². The molecule has 0 aliphatic carbocycles. The molecule has 1 amide bonds. The van der Waals surface area contributed by atoms with Gasteiger partial charge in [-0.3, -0.25) is 9.69 Å². The molecule has 2 aliphatic heterocycles. The van der Waals surface area contributed by atoms with Crippen LogP contribution >= 0.6 is 11.3 Å². The van der Waals surface area contributed by atoms with Crippen molar-refractivity contribution in [3.8, 4) is 0 Å². The number of morpholine rings is 1. The van der Waals surface area contributed by atoms with Crippen molar-refractivity contribution < 1.29 is 14.3 Å². The standard InChI is InChI=1S/C27H39N5O3S/c1-4-7-24(25-19-36-27(30-25)31-11-5-6-12-31)29-23-9-8-21(17-32-13-15-35-18-20(32)2)16-22(23)26(33)28-10-14-34-3/h7-9,16,19-20,29H,4-6,10-15,17-18H2,1-3H3,(H,28,33)/b24-7-/t20-/m0/s1. The molecule has 1 aromatic carbocycles. The van der Waals surface area contributed by atoms with Crippen molar-refractivity contribution in [2.45, 2.75) is 45.7 Å². The molecule has 2 aromatic rings. The summed E-state index contributed by atoms with van der Waals surface area (Å²) < 4.78 is 10.7. The number of ether oxygens (including phenoxy) is 2. The van der Waals surface area contributed by atoms with Gasteiger partial charge in [0.15, 0.2) is 5.13 Å². The summed E-state index contributed by atoms with van der Waals surface area (Å²) in [6.07, 6.45) is 5.45. The molecule has 2 fully saturated rings. The highest BCUT2D eigenvalue weighted by molar-refractivity contribution is 7.13. The summed E-state index contributed by atoms with van der Waals surface area (Å²) in [5, 5.41) is 9.70. The van der Waals surface area contributed by atoms with Crippen LogP contribution < -0.4 is 15.5 Å². The minimum atomic E-state index is -0.113. The number of hydrogen-bond acceptors (Lipinski definition) is 8. The average Bonchev–Trinajstić information content (AvgIpc) is 3.58. The molecule has 0 unspecified atom stereocenters. The van der Waals surface area contributed by atoms with E-state index in [2.05, 4.69) is 51.8 Å². The van der Waals surface area contributed by atoms with E-state index >= 15 is 0 Å². The lowest BCUT2D eigenvalue weighted by molar-refractivity contribution is -0.00437. The number of methoxy groups -OCH3 is 1. The zero-order valence-corrected chi connectivity index (χ0v) is 22.5. The van der Waals surface area contributed by atoms with E-state index in [0.29, 0.717) is 24.8 Å². The Balaban J connectivity index is 1.57. The average molecular weight is 514 g/mol. The second-order valence-corrected chi connectivity index (χ2v) is 10.2. The fourth-order valence-corrected chi connectivity index (χ4v) is 5.47. The molecule has 2 aliphatic rings. The number of anilines is 2. The zero-order valence-electron chi connectivity index (χ0n) is 21.7. The van der Waals surface area contributed by atoms with Crippen molar-refractivity contribution in [1.29, 1.82) is 0 Å². The number of carbonyl (C=O) groups excluding carboxylic acids is 1. The Kier molecular flexibility index (Phi) is 9.75. The maximum Gasteiger partial charge on any atom is 0.253 e. The summed E-state index contributed by atoms with van der Waals surface area (Å²) in [7, 11) is 1.63. The summed E-state index contributed by atoms with van der Waals surface area (Å²) in [5.41, 5.74) is 4.36. The first-order chi connectivity index (χ1) is 17.6. The number of nitrogens with one attached hydrogen (secondary N) is 2. The van der Waals surface area contributed by atoms with Gasteiger partial charge in [-0.2, -0.15) is 0 Å². The van der Waals surface area contributed by atoms with E-state index in [1.165, 1.54) is 12.8 Å². The molecule has 0 spiro atoms. The maximum atomic E-state index is 13.2. The minimum Gasteiger partial charge on any atom is -0.383 e. The second kappa shape index (κ2) is 13.2. The van der Waals surface area contributed by atoms with Crippen LogP contribution in [0.3, 0.4) is 0 Å². The Morgan fingerprint density at radius 2 is 2.14 bits per heavy atom. The molecular formula is C27H39N5O3S. The number of allylic oxidation sites excluding steroid dienone is 1. The van der Waals surface area contributed by atoms with Gasteiger partial charge < -0.3 is 25.0 Å². The monoisotopic (exact) mass is 513 g/mol. The van der Waals surface area contributed by atoms with Gasteiger partial charge in [0.1, 0.15) is 0 Å². The molecule has 4 rings (SSSR count). The van der Waals surface area contributed by atoms with Gasteiger partial charge in [0, 0.05) is 51.3 Å². The van der Waals surface area contributed by atoms with Crippen molar-refractivity contribution in [3.05, 3.63) is 46.5 Å². The van der Waals surface area contributed by atoms with Crippen molar-refractivity contribution >= 4 is 33.8 Å². The molecule has 0 saturated carbocycles. The van der Waals surface area contributed by atoms with E-state index in [9.17, 15) is 4.79 Å². The molecule has 36 heavy (non-hydrogen) atoms. The minimum absolute atomic E-state index is 0.113. The fraction of sp³-hybridized carbons (Fsp3) is 0.556. The molecule has 0 bridgehead atoms. The summed E-state index contributed by atoms with van der Waals surface area (Å²) in [6.45, 7) is 10.5. The molecule has 1 atom stereocenters. The molecule has 196 valence electrons. The summed E-state index contributed by atoms with van der Waals surface area (Å²) >= 11 is 1.68. The van der Waals surface area contributed by atoms with Crippen LogP contribution in [0, 0.1) is 0 Å². The SMILES string of the molecule is CC/C=C(\Nc1ccc(CN2CCOC[C@@H]2C)cc1C(=O)NCCOC)c1csc(N2CCCC2)n1. The highest BCUT2D eigenvalue weighted by atomic mass is 32.1. The first-order valence-electron chi connectivity index (χ1n) is 13.0. The highest BCUT2D eigenvalue weighted by Crippen LogP contribution is 2.30. The largest absolute Gasteiger partial charge is 0.383 e. The van der Waals surface area contributed by atoms with Crippen LogP contribution in [0.5, 0.6) is 0 Å². The van der Waals surface area contributed by atoms with Gasteiger partial charge in [-0.15, -0.1) is 11.3 Å². The fourth-order valence-electron chi connectivity index (χ4n) is 4.59. The smallest absolute Gasteiger partial charge is 0.253 e. The number of rotatable bonds is 11. The normalized spacial score (nSPS) is 19.0. The van der Waals surface area contributed by atoms with E-state index in [4.69, 9.17) is 14.5 Å². The van der Waals surface area contributed by atoms with Crippen molar-refractivity contribution in [3.63, 3.8) is 0 Å². The van der Waals surface area contributed by atoms with Gasteiger partial charge in [0.05, 0.1) is 42.5 Å². The number of amides is 1. The molecule has 8 nitrogen and oxygen atoms in total. The van der Waals surface area contributed by atoms with Crippen molar-refractivity contribution in [1.82, 2.24) is 15.2 Å². The van der Waals surface area contributed by atoms with Gasteiger partial charge >= 0.3 is 0 Å². The zero-order chi connectivity index (χ0) is 25.3. The molecule has 2 saturated heterocycles. The van der Waals surface area contributed by atoms with Crippen LogP contribution in [-0.2, 0) is 16.0 Å². The van der Waals surface area contributed by atoms with Gasteiger partial charge in [-0.1, -0.05) is 19.1 Å². The Hall–Kier alpha value is -2.46. The van der Waals surface area contributed by atoms with Crippen LogP contribution in [0.2, 0.25) is 0 Å². The van der Waals surface area contributed by atoms with Gasteiger partial charge in [-0.25, -0.2) is 4.98 Å². The number of nitrogens with zero attached hydrogens (tertiary/aromatic N) is 3. The van der Waals surface area contributed by atoms with E-state index < -0.39 is 0 Å². The highest BCUT2D eigenvalue weighted by Gasteiger charge is 2.21. The van der Waals surface area contributed by atoms with Gasteiger partial charge in [0.25, 0.3) is 5.91 Å². The number of thiazole rings is 1. The lowest BCUT2D eigenvalue weighted by Gasteiger charge is -2.33. The molecular weight excluding hydrogens is 474 g/mol. The molecule has 0 radical (unpaired) electrons. The lowest BCUT2D eigenvalue weighted by Crippen LogP contribution is -2.42. The van der Waals surface area contributed by atoms with E-state index in [-0.39, 0.29) is 5.91 Å². The van der Waals surface area contributed by atoms with E-state index in [0.717, 1.165) is 73.6 Å². The van der Waals surface area contributed by atoms with Crippen molar-refractivity contribution in [2.24, 2.45) is 0 Å². The number of carbonyl (C=O) groups is 1. The quantitative estimate of drug-likeness (QED) is 0.436. The third-order valence-electron chi connectivity index (χ3n) is 6.63. The van der Waals surface area contributed by atoms with Gasteiger partial charge in [-0.05, 0) is 43.9 Å². The topological polar surface area (TPSA) is 79.0 Å². The number of hydrogen-bond donors (Lipinski definition) is 2. The first kappa shape index (κ1) is 26.6. The summed E-state index contributed by atoms with van der Waals surface area (Å²) in [6, 6.07) is 6.48. The van der Waals surface area contributed by atoms with Crippen LogP contribution in [0.1, 0.15) is 54.7 Å². The Morgan fingerprint density at radius 3 is 2.89 bits per heavy atom. The second-order valence-electron chi connectivity index (χ2n) is 9.38. The predicted octanol–water partition coefficient (Wildman–Crippen LogP) is 4.20. The lowest BCUT2D eigenvalue weighted by atomic mass is 10.1. The number of aromatic nitrogens is 1. The molecule has 3 heterocycles. The van der Waals surface area contributed by atoms with Gasteiger partial charge in [0.2, 0.25) is 0 Å². The first-order valence-corrected chi connectivity index (χ1v) is 13.9. The third-order valence-corrected chi connectivity index (χ3v) is 7.53. The van der Waals surface area contributed by atoms with E-state index in [1.54, 1.807) is 18.4 Å². The third kappa shape index (κ3) is 6.85. The predicted molar refractivity (Wildman–Crippen MR) is 147 cm³/mol. The summed E-state index contributed by atoms with van der Waals surface area (Å²) in [4.78, 5) is 22.9. The van der Waals surface area contributed by atoms with E-state index in [1.807, 2.05) is 12.1 Å². The molecule has 9 heteroatoms. The van der Waals surface area contributed by atoms with Crippen molar-refractivity contribution in [2.75, 3.05) is 63.3 Å².